The summed E-state index contributed by atoms with van der Waals surface area (Å²) in [6.07, 6.45) is 0. The number of anilines is 1. The first-order valence-electron chi connectivity index (χ1n) is 5.92. The molecular weight excluding hydrogens is 220 g/mol. The molecule has 17 heavy (non-hydrogen) atoms. The molecule has 2 rings (SSSR count). The Morgan fingerprint density at radius 1 is 1.24 bits per heavy atom. The van der Waals surface area contributed by atoms with Gasteiger partial charge >= 0.3 is 6.01 Å². The zero-order valence-electron chi connectivity index (χ0n) is 10.5. The summed E-state index contributed by atoms with van der Waals surface area (Å²) in [6.45, 7) is 8.57. The number of rotatable bonds is 2. The van der Waals surface area contributed by atoms with Crippen LogP contribution in [0.1, 0.15) is 19.7 Å². The molecule has 1 saturated heterocycles. The average molecular weight is 238 g/mol. The monoisotopic (exact) mass is 238 g/mol. The Hall–Kier alpha value is -1.59. The molecule has 0 bridgehead atoms. The Morgan fingerprint density at radius 3 is 2.35 bits per heavy atom. The second-order valence-electron chi connectivity index (χ2n) is 4.57. The van der Waals surface area contributed by atoms with Crippen molar-refractivity contribution in [2.45, 2.75) is 20.8 Å². The number of carbonyl (C=O) groups is 1. The van der Waals surface area contributed by atoms with Crippen molar-refractivity contribution in [1.29, 1.82) is 0 Å². The van der Waals surface area contributed by atoms with Crippen molar-refractivity contribution in [2.24, 2.45) is 5.92 Å². The van der Waals surface area contributed by atoms with Gasteiger partial charge in [0, 0.05) is 39.0 Å². The van der Waals surface area contributed by atoms with Gasteiger partial charge in [-0.1, -0.05) is 18.9 Å². The number of nitrogens with zero attached hydrogens (tertiary/aromatic N) is 4. The summed E-state index contributed by atoms with van der Waals surface area (Å²) in [5.41, 5.74) is 0. The van der Waals surface area contributed by atoms with Crippen molar-refractivity contribution in [3.8, 4) is 0 Å². The molecule has 0 spiro atoms. The summed E-state index contributed by atoms with van der Waals surface area (Å²) in [4.78, 5) is 15.7. The van der Waals surface area contributed by atoms with Crippen molar-refractivity contribution < 1.29 is 9.21 Å². The third-order valence-corrected chi connectivity index (χ3v) is 2.87. The Balaban J connectivity index is 1.92. The Bertz CT molecular complexity index is 394. The van der Waals surface area contributed by atoms with E-state index in [0.29, 0.717) is 11.9 Å². The summed E-state index contributed by atoms with van der Waals surface area (Å²) >= 11 is 0. The molecule has 0 unspecified atom stereocenters. The first-order chi connectivity index (χ1) is 8.08. The molecule has 94 valence electrons. The third-order valence-electron chi connectivity index (χ3n) is 2.87. The highest BCUT2D eigenvalue weighted by Crippen LogP contribution is 2.15. The fourth-order valence-electron chi connectivity index (χ4n) is 1.90. The van der Waals surface area contributed by atoms with E-state index in [0.717, 1.165) is 26.2 Å². The number of hydrogen-bond donors (Lipinski definition) is 0. The molecule has 0 radical (unpaired) electrons. The van der Waals surface area contributed by atoms with Gasteiger partial charge in [0.15, 0.2) is 0 Å². The highest BCUT2D eigenvalue weighted by Gasteiger charge is 2.24. The molecule has 1 aromatic heterocycles. The summed E-state index contributed by atoms with van der Waals surface area (Å²) in [6, 6.07) is 0.555. The lowest BCUT2D eigenvalue weighted by Gasteiger charge is -2.34. The Kier molecular flexibility index (Phi) is 3.31. The van der Waals surface area contributed by atoms with E-state index in [1.165, 1.54) is 0 Å². The minimum atomic E-state index is 0.0622. The Morgan fingerprint density at radius 2 is 1.88 bits per heavy atom. The second-order valence-corrected chi connectivity index (χ2v) is 4.57. The van der Waals surface area contributed by atoms with E-state index in [9.17, 15) is 4.79 Å². The molecule has 0 saturated carbocycles. The van der Waals surface area contributed by atoms with Gasteiger partial charge in [-0.05, 0) is 0 Å². The molecule has 0 aliphatic carbocycles. The molecule has 1 fully saturated rings. The standard InChI is InChI=1S/C11H18N4O2/c1-8(2)10(16)14-4-6-15(7-5-14)11-13-12-9(3)17-11/h8H,4-7H2,1-3H3. The fraction of sp³-hybridized carbons (Fsp3) is 0.727. The topological polar surface area (TPSA) is 62.5 Å². The zero-order valence-corrected chi connectivity index (χ0v) is 10.5. The smallest absolute Gasteiger partial charge is 0.318 e. The molecule has 1 aromatic rings. The first-order valence-corrected chi connectivity index (χ1v) is 5.92. The van der Waals surface area contributed by atoms with Crippen LogP contribution in [-0.4, -0.2) is 47.2 Å². The SMILES string of the molecule is Cc1nnc(N2CCN(C(=O)C(C)C)CC2)o1. The molecule has 0 atom stereocenters. The lowest BCUT2D eigenvalue weighted by atomic mass is 10.1. The van der Waals surface area contributed by atoms with Crippen LogP contribution in [0.15, 0.2) is 4.42 Å². The van der Waals surface area contributed by atoms with Crippen molar-refractivity contribution >= 4 is 11.9 Å². The van der Waals surface area contributed by atoms with Gasteiger partial charge in [-0.3, -0.25) is 4.79 Å². The lowest BCUT2D eigenvalue weighted by Crippen LogP contribution is -2.50. The first kappa shape index (κ1) is 11.9. The number of piperazine rings is 1. The van der Waals surface area contributed by atoms with E-state index in [2.05, 4.69) is 10.2 Å². The van der Waals surface area contributed by atoms with E-state index < -0.39 is 0 Å². The van der Waals surface area contributed by atoms with Gasteiger partial charge in [0.2, 0.25) is 11.8 Å². The van der Waals surface area contributed by atoms with Crippen LogP contribution in [0.25, 0.3) is 0 Å². The van der Waals surface area contributed by atoms with Crippen LogP contribution in [0.2, 0.25) is 0 Å². The van der Waals surface area contributed by atoms with E-state index in [4.69, 9.17) is 4.42 Å². The van der Waals surface area contributed by atoms with E-state index in [1.54, 1.807) is 6.92 Å². The van der Waals surface area contributed by atoms with Crippen LogP contribution in [0.3, 0.4) is 0 Å². The van der Waals surface area contributed by atoms with Gasteiger partial charge in [-0.15, -0.1) is 5.10 Å². The molecule has 0 aromatic carbocycles. The summed E-state index contributed by atoms with van der Waals surface area (Å²) in [5.74, 6) is 0.847. The predicted octanol–water partition coefficient (Wildman–Crippen LogP) is 0.683. The maximum atomic E-state index is 11.8. The second kappa shape index (κ2) is 4.73. The maximum Gasteiger partial charge on any atom is 0.318 e. The number of aromatic nitrogens is 2. The number of aryl methyl sites for hydroxylation is 1. The normalized spacial score (nSPS) is 16.7. The quantitative estimate of drug-likeness (QED) is 0.758. The number of carbonyl (C=O) groups excluding carboxylic acids is 1. The van der Waals surface area contributed by atoms with Crippen molar-refractivity contribution in [2.75, 3.05) is 31.1 Å². The summed E-state index contributed by atoms with van der Waals surface area (Å²) < 4.78 is 5.37. The van der Waals surface area contributed by atoms with E-state index in [1.807, 2.05) is 23.6 Å². The van der Waals surface area contributed by atoms with Gasteiger partial charge < -0.3 is 14.2 Å². The van der Waals surface area contributed by atoms with Crippen LogP contribution < -0.4 is 4.90 Å². The van der Waals surface area contributed by atoms with Gasteiger partial charge in [0.1, 0.15) is 0 Å². The minimum Gasteiger partial charge on any atom is -0.408 e. The number of hydrogen-bond acceptors (Lipinski definition) is 5. The van der Waals surface area contributed by atoms with Crippen LogP contribution in [0.4, 0.5) is 6.01 Å². The third kappa shape index (κ3) is 2.57. The van der Waals surface area contributed by atoms with Crippen LogP contribution in [0, 0.1) is 12.8 Å². The van der Waals surface area contributed by atoms with Crippen LogP contribution in [0.5, 0.6) is 0 Å². The van der Waals surface area contributed by atoms with Gasteiger partial charge in [-0.25, -0.2) is 0 Å². The van der Waals surface area contributed by atoms with Crippen LogP contribution in [-0.2, 0) is 4.79 Å². The highest BCUT2D eigenvalue weighted by atomic mass is 16.4. The number of amides is 1. The zero-order chi connectivity index (χ0) is 12.4. The van der Waals surface area contributed by atoms with Crippen molar-refractivity contribution in [3.05, 3.63) is 5.89 Å². The van der Waals surface area contributed by atoms with E-state index >= 15 is 0 Å². The molecular formula is C11H18N4O2. The van der Waals surface area contributed by atoms with Crippen molar-refractivity contribution in [1.82, 2.24) is 15.1 Å². The van der Waals surface area contributed by atoms with Crippen LogP contribution >= 0.6 is 0 Å². The largest absolute Gasteiger partial charge is 0.408 e. The molecule has 0 N–H and O–H groups in total. The molecule has 2 heterocycles. The van der Waals surface area contributed by atoms with E-state index in [-0.39, 0.29) is 11.8 Å². The molecule has 1 amide bonds. The molecule has 1 aliphatic heterocycles. The van der Waals surface area contributed by atoms with Gasteiger partial charge in [-0.2, -0.15) is 0 Å². The minimum absolute atomic E-state index is 0.0622. The molecule has 6 nitrogen and oxygen atoms in total. The van der Waals surface area contributed by atoms with Crippen molar-refractivity contribution in [3.63, 3.8) is 0 Å². The van der Waals surface area contributed by atoms with Gasteiger partial charge in [0.25, 0.3) is 0 Å². The van der Waals surface area contributed by atoms with Gasteiger partial charge in [0.05, 0.1) is 0 Å². The Labute approximate surface area is 101 Å². The molecule has 6 heteroatoms. The highest BCUT2D eigenvalue weighted by molar-refractivity contribution is 5.78. The average Bonchev–Trinajstić information content (AvgIpc) is 2.75. The summed E-state index contributed by atoms with van der Waals surface area (Å²) in [7, 11) is 0. The molecule has 1 aliphatic rings. The maximum absolute atomic E-state index is 11.8. The summed E-state index contributed by atoms with van der Waals surface area (Å²) in [5, 5.41) is 7.79. The lowest BCUT2D eigenvalue weighted by molar-refractivity contribution is -0.134. The predicted molar refractivity (Wildman–Crippen MR) is 62.7 cm³/mol. The fourth-order valence-corrected chi connectivity index (χ4v) is 1.90.